The van der Waals surface area contributed by atoms with Gasteiger partial charge in [-0.1, -0.05) is 157 Å². The molecule has 5 aromatic carbocycles. The molecule has 2 aliphatic rings. The number of alkyl halides is 3. The van der Waals surface area contributed by atoms with Crippen LogP contribution in [0.15, 0.2) is 173 Å². The number of β-lactam (4-membered cyclic amide) rings is 1. The molecule has 15 heteroatoms. The van der Waals surface area contributed by atoms with E-state index >= 15 is 0 Å². The number of thioether (sulfide) groups is 1. The third kappa shape index (κ3) is 8.51. The van der Waals surface area contributed by atoms with E-state index in [4.69, 9.17) is 16.3 Å². The fourth-order valence-corrected chi connectivity index (χ4v) is 9.84. The van der Waals surface area contributed by atoms with Crippen LogP contribution in [0.5, 0.6) is 0 Å². The lowest BCUT2D eigenvalue weighted by atomic mass is 9.77. The predicted octanol–water partition coefficient (Wildman–Crippen LogP) is 8.72. The van der Waals surface area contributed by atoms with Gasteiger partial charge in [0.25, 0.3) is 11.8 Å². The minimum absolute atomic E-state index is 0.00464. The molecule has 2 N–H and O–H groups in total. The number of aromatic nitrogens is 1. The maximum absolute atomic E-state index is 14.1. The van der Waals surface area contributed by atoms with E-state index < -0.39 is 53.2 Å². The van der Waals surface area contributed by atoms with Crippen molar-refractivity contribution in [1.82, 2.24) is 15.2 Å². The predicted molar refractivity (Wildman–Crippen MR) is 232 cm³/mol. The number of nitrogens with one attached hydrogen (secondary N) is 2. The van der Waals surface area contributed by atoms with Gasteiger partial charge in [-0.2, -0.15) is 8.78 Å². The highest BCUT2D eigenvalue weighted by atomic mass is 35.5. The molecule has 0 unspecified atom stereocenters. The summed E-state index contributed by atoms with van der Waals surface area (Å²) in [6.07, 6.45) is -0.789. The largest absolute Gasteiger partial charge is 0.448 e. The number of oxime groups is 1. The molecule has 1 saturated heterocycles. The molecular weight excluding hydrogens is 840 g/mol. The Balaban J connectivity index is 1.05. The van der Waals surface area contributed by atoms with Gasteiger partial charge in [0.15, 0.2) is 16.9 Å². The molecule has 1 aromatic heterocycles. The average molecular weight is 876 g/mol. The molecule has 308 valence electrons. The molecule has 0 aliphatic carbocycles. The highest BCUT2D eigenvalue weighted by Gasteiger charge is 2.55. The Morgan fingerprint density at radius 1 is 0.820 bits per heavy atom. The van der Waals surface area contributed by atoms with Gasteiger partial charge in [0.2, 0.25) is 0 Å². The van der Waals surface area contributed by atoms with E-state index in [1.165, 1.54) is 22.0 Å². The van der Waals surface area contributed by atoms with Crippen LogP contribution in [-0.2, 0) is 29.5 Å². The lowest BCUT2D eigenvalue weighted by Gasteiger charge is -2.49. The molecule has 10 nitrogen and oxygen atoms in total. The summed E-state index contributed by atoms with van der Waals surface area (Å²) in [5, 5.41) is 10.8. The standard InChI is InChI=1S/C46H36ClF2N5O5S2/c47-26-31-27-60-42-37(41(56)54(42)38(31)43(57)58-39(29-16-6-1-7-17-29)30-18-8-2-9-19-30)51-40(55)36(53-59-44(48)49)35-28-61-45(50-35)52-46(32-20-10-3-11-21-32,33-22-12-4-13-23-33)34-24-14-5-15-25-34/h1-25,28,37,39,42,44H,26-27H2,(H,50,52)(H,51,55)/t37-,42+/m1/s1. The van der Waals surface area contributed by atoms with Crippen molar-refractivity contribution < 1.29 is 32.7 Å². The average Bonchev–Trinajstić information content (AvgIpc) is 3.77. The van der Waals surface area contributed by atoms with E-state index in [0.29, 0.717) is 10.7 Å². The number of halogens is 3. The molecule has 0 radical (unpaired) electrons. The Kier molecular flexibility index (Phi) is 12.6. The maximum Gasteiger partial charge on any atom is 0.407 e. The molecule has 0 bridgehead atoms. The zero-order valence-electron chi connectivity index (χ0n) is 32.1. The number of benzene rings is 5. The first kappa shape index (κ1) is 41.4. The van der Waals surface area contributed by atoms with Gasteiger partial charge in [0.1, 0.15) is 28.3 Å². The first-order chi connectivity index (χ1) is 29.8. The zero-order chi connectivity index (χ0) is 42.3. The van der Waals surface area contributed by atoms with E-state index in [1.54, 1.807) is 0 Å². The molecule has 0 spiro atoms. The molecular formula is C46H36ClF2N5O5S2. The number of esters is 1. The fraction of sp³-hybridized carbons (Fsp3) is 0.152. The molecule has 2 atom stereocenters. The summed E-state index contributed by atoms with van der Waals surface area (Å²) in [7, 11) is 0. The molecule has 2 amide bonds. The molecule has 6 aromatic rings. The third-order valence-corrected chi connectivity index (χ3v) is 12.6. The van der Waals surface area contributed by atoms with Crippen LogP contribution < -0.4 is 10.6 Å². The zero-order valence-corrected chi connectivity index (χ0v) is 34.5. The topological polar surface area (TPSA) is 122 Å². The van der Waals surface area contributed by atoms with E-state index in [0.717, 1.165) is 39.2 Å². The SMILES string of the molecule is O=C(N[C@@H]1C(=O)N2C(C(=O)OC(c3ccccc3)c3ccccc3)=C(CCl)CS[C@@H]12)C(=NOC(F)F)c1csc(NC(c2ccccc2)(c2ccccc2)c2ccccc2)n1. The molecule has 0 saturated carbocycles. The molecule has 8 rings (SSSR count). The molecule has 1 fully saturated rings. The first-order valence-electron chi connectivity index (χ1n) is 19.1. The number of amides is 2. The van der Waals surface area contributed by atoms with Crippen molar-refractivity contribution >= 4 is 63.3 Å². The number of carbonyl (C=O) groups excluding carboxylic acids is 3. The summed E-state index contributed by atoms with van der Waals surface area (Å²) in [6, 6.07) is 46.5. The number of thiazole rings is 1. The van der Waals surface area contributed by atoms with Crippen molar-refractivity contribution in [3.8, 4) is 0 Å². The van der Waals surface area contributed by atoms with Crippen molar-refractivity contribution in [3.05, 3.63) is 202 Å². The Labute approximate surface area is 363 Å². The smallest absolute Gasteiger partial charge is 0.407 e. The number of hydrogen-bond acceptors (Lipinski definition) is 10. The number of anilines is 1. The van der Waals surface area contributed by atoms with Gasteiger partial charge in [-0.15, -0.1) is 34.7 Å². The van der Waals surface area contributed by atoms with E-state index in [-0.39, 0.29) is 23.0 Å². The van der Waals surface area contributed by atoms with Crippen LogP contribution in [0.25, 0.3) is 0 Å². The Hall–Kier alpha value is -6.35. The van der Waals surface area contributed by atoms with Crippen molar-refractivity contribution in [3.63, 3.8) is 0 Å². The van der Waals surface area contributed by atoms with Crippen LogP contribution in [0.3, 0.4) is 0 Å². The highest BCUT2D eigenvalue weighted by Crippen LogP contribution is 2.43. The number of ether oxygens (including phenoxy) is 1. The minimum atomic E-state index is -3.35. The van der Waals surface area contributed by atoms with Gasteiger partial charge in [-0.25, -0.2) is 9.78 Å². The van der Waals surface area contributed by atoms with Crippen LogP contribution in [0.4, 0.5) is 13.9 Å². The first-order valence-corrected chi connectivity index (χ1v) is 21.5. The summed E-state index contributed by atoms with van der Waals surface area (Å²) >= 11 is 8.74. The van der Waals surface area contributed by atoms with E-state index in [9.17, 15) is 23.2 Å². The van der Waals surface area contributed by atoms with E-state index in [2.05, 4.69) is 25.6 Å². The minimum Gasteiger partial charge on any atom is -0.448 e. The lowest BCUT2D eigenvalue weighted by molar-refractivity contribution is -0.154. The number of rotatable bonds is 15. The number of hydrogen-bond donors (Lipinski definition) is 2. The van der Waals surface area contributed by atoms with Gasteiger partial charge in [0, 0.05) is 17.0 Å². The van der Waals surface area contributed by atoms with Gasteiger partial charge in [0.05, 0.1) is 0 Å². The van der Waals surface area contributed by atoms with Crippen LogP contribution in [0.2, 0.25) is 0 Å². The Morgan fingerprint density at radius 3 is 1.82 bits per heavy atom. The van der Waals surface area contributed by atoms with Crippen LogP contribution in [0.1, 0.15) is 39.6 Å². The Bertz CT molecular complexity index is 2420. The number of carbonyl (C=O) groups is 3. The van der Waals surface area contributed by atoms with Crippen LogP contribution in [-0.4, -0.2) is 63.0 Å². The summed E-state index contributed by atoms with van der Waals surface area (Å²) in [5.74, 6) is -2.15. The maximum atomic E-state index is 14.1. The van der Waals surface area contributed by atoms with Crippen molar-refractivity contribution in [2.45, 2.75) is 29.7 Å². The molecule has 3 heterocycles. The third-order valence-electron chi connectivity index (χ3n) is 10.2. The van der Waals surface area contributed by atoms with Crippen molar-refractivity contribution in [1.29, 1.82) is 0 Å². The van der Waals surface area contributed by atoms with E-state index in [1.807, 2.05) is 152 Å². The van der Waals surface area contributed by atoms with Gasteiger partial charge < -0.3 is 20.2 Å². The summed E-state index contributed by atoms with van der Waals surface area (Å²) in [4.78, 5) is 52.2. The monoisotopic (exact) mass is 875 g/mol. The normalized spacial score (nSPS) is 16.5. The highest BCUT2D eigenvalue weighted by molar-refractivity contribution is 8.00. The number of nitrogens with zero attached hydrogens (tertiary/aromatic N) is 3. The van der Waals surface area contributed by atoms with Crippen LogP contribution in [0, 0.1) is 0 Å². The van der Waals surface area contributed by atoms with Gasteiger partial charge in [-0.3, -0.25) is 14.5 Å². The second-order valence-corrected chi connectivity index (χ2v) is 16.1. The summed E-state index contributed by atoms with van der Waals surface area (Å²) < 4.78 is 33.1. The second-order valence-electron chi connectivity index (χ2n) is 13.9. The number of fused-ring (bicyclic) bond motifs is 1. The van der Waals surface area contributed by atoms with Crippen molar-refractivity contribution in [2.24, 2.45) is 5.16 Å². The van der Waals surface area contributed by atoms with Crippen molar-refractivity contribution in [2.75, 3.05) is 16.9 Å². The summed E-state index contributed by atoms with van der Waals surface area (Å²) in [5.41, 5.74) is 2.96. The van der Waals surface area contributed by atoms with Gasteiger partial charge in [-0.05, 0) is 33.4 Å². The quantitative estimate of drug-likeness (QED) is 0.0263. The lowest BCUT2D eigenvalue weighted by Crippen LogP contribution is -2.71. The molecule has 61 heavy (non-hydrogen) atoms. The van der Waals surface area contributed by atoms with Gasteiger partial charge >= 0.3 is 12.6 Å². The summed E-state index contributed by atoms with van der Waals surface area (Å²) in [6.45, 7) is -3.35. The molecule has 2 aliphatic heterocycles. The fourth-order valence-electron chi connectivity index (χ4n) is 7.41. The van der Waals surface area contributed by atoms with Crippen LogP contribution >= 0.6 is 34.7 Å². The second kappa shape index (κ2) is 18.5. The Morgan fingerprint density at radius 2 is 1.33 bits per heavy atom.